The Bertz CT molecular complexity index is 329. The molecule has 2 heterocycles. The van der Waals surface area contributed by atoms with Crippen molar-refractivity contribution in [1.82, 2.24) is 15.4 Å². The van der Waals surface area contributed by atoms with Crippen molar-refractivity contribution in [2.75, 3.05) is 26.2 Å². The van der Waals surface area contributed by atoms with Gasteiger partial charge in [-0.1, -0.05) is 5.16 Å². The highest BCUT2D eigenvalue weighted by Gasteiger charge is 2.22. The van der Waals surface area contributed by atoms with Crippen molar-refractivity contribution in [1.29, 1.82) is 0 Å². The number of carbonyl (C=O) groups excluding carboxylic acids is 1. The summed E-state index contributed by atoms with van der Waals surface area (Å²) in [7, 11) is 0. The zero-order valence-corrected chi connectivity index (χ0v) is 8.12. The summed E-state index contributed by atoms with van der Waals surface area (Å²) in [5, 5.41) is 6.79. The molecular formula is C9H13N3O2. The quantitative estimate of drug-likeness (QED) is 0.686. The first-order chi connectivity index (χ1) is 6.79. The van der Waals surface area contributed by atoms with Crippen molar-refractivity contribution >= 4 is 5.91 Å². The Labute approximate surface area is 82.1 Å². The molecule has 1 aliphatic rings. The number of amides is 1. The fourth-order valence-electron chi connectivity index (χ4n) is 1.51. The molecular weight excluding hydrogens is 182 g/mol. The molecule has 1 aliphatic heterocycles. The highest BCUT2D eigenvalue weighted by Crippen LogP contribution is 2.10. The standard InChI is InChI=1S/C9H13N3O2/c1-7-6-11-14-8(7)9(13)12-4-2-10-3-5-12/h6,10H,2-5H2,1H3. The predicted molar refractivity (Wildman–Crippen MR) is 50.0 cm³/mol. The van der Waals surface area contributed by atoms with E-state index in [9.17, 15) is 4.79 Å². The Kier molecular flexibility index (Phi) is 2.49. The van der Waals surface area contributed by atoms with Crippen LogP contribution in [0.5, 0.6) is 0 Å². The second-order valence-electron chi connectivity index (χ2n) is 3.38. The summed E-state index contributed by atoms with van der Waals surface area (Å²) in [4.78, 5) is 13.6. The van der Waals surface area contributed by atoms with Crippen LogP contribution in [-0.4, -0.2) is 42.1 Å². The number of hydrogen-bond acceptors (Lipinski definition) is 4. The van der Waals surface area contributed by atoms with Crippen molar-refractivity contribution in [3.8, 4) is 0 Å². The number of hydrogen-bond donors (Lipinski definition) is 1. The summed E-state index contributed by atoms with van der Waals surface area (Å²) >= 11 is 0. The molecule has 1 fully saturated rings. The molecule has 0 aromatic carbocycles. The molecule has 76 valence electrons. The summed E-state index contributed by atoms with van der Waals surface area (Å²) in [6.45, 7) is 4.99. The van der Waals surface area contributed by atoms with Crippen molar-refractivity contribution in [3.63, 3.8) is 0 Å². The highest BCUT2D eigenvalue weighted by atomic mass is 16.5. The fourth-order valence-corrected chi connectivity index (χ4v) is 1.51. The van der Waals surface area contributed by atoms with Gasteiger partial charge in [-0.3, -0.25) is 4.79 Å². The predicted octanol–water partition coefficient (Wildman–Crippen LogP) is 0.0284. The third kappa shape index (κ3) is 1.63. The molecule has 0 aliphatic carbocycles. The van der Waals surface area contributed by atoms with E-state index in [2.05, 4.69) is 10.5 Å². The van der Waals surface area contributed by atoms with Gasteiger partial charge >= 0.3 is 0 Å². The van der Waals surface area contributed by atoms with E-state index in [0.717, 1.165) is 31.7 Å². The lowest BCUT2D eigenvalue weighted by Gasteiger charge is -2.26. The Morgan fingerprint density at radius 1 is 1.57 bits per heavy atom. The number of nitrogens with zero attached hydrogens (tertiary/aromatic N) is 2. The number of piperazine rings is 1. The van der Waals surface area contributed by atoms with Crippen molar-refractivity contribution in [2.45, 2.75) is 6.92 Å². The summed E-state index contributed by atoms with van der Waals surface area (Å²) in [6, 6.07) is 0. The van der Waals surface area contributed by atoms with Crippen molar-refractivity contribution in [3.05, 3.63) is 17.5 Å². The zero-order valence-electron chi connectivity index (χ0n) is 8.12. The molecule has 5 heteroatoms. The van der Waals surface area contributed by atoms with Gasteiger partial charge in [-0.2, -0.15) is 0 Å². The summed E-state index contributed by atoms with van der Waals surface area (Å²) < 4.78 is 4.92. The van der Waals surface area contributed by atoms with Gasteiger partial charge in [-0.05, 0) is 6.92 Å². The van der Waals surface area contributed by atoms with Gasteiger partial charge in [0.15, 0.2) is 0 Å². The van der Waals surface area contributed by atoms with Gasteiger partial charge < -0.3 is 14.7 Å². The summed E-state index contributed by atoms with van der Waals surface area (Å²) in [6.07, 6.45) is 1.56. The fraction of sp³-hybridized carbons (Fsp3) is 0.556. The lowest BCUT2D eigenvalue weighted by atomic mass is 10.2. The smallest absolute Gasteiger partial charge is 0.292 e. The average Bonchev–Trinajstić information content (AvgIpc) is 2.65. The van der Waals surface area contributed by atoms with Crippen LogP contribution in [0.15, 0.2) is 10.7 Å². The highest BCUT2D eigenvalue weighted by molar-refractivity contribution is 5.92. The van der Waals surface area contributed by atoms with Crippen molar-refractivity contribution in [2.24, 2.45) is 0 Å². The van der Waals surface area contributed by atoms with Gasteiger partial charge in [0.2, 0.25) is 5.76 Å². The molecule has 0 saturated carbocycles. The van der Waals surface area contributed by atoms with Crippen LogP contribution in [-0.2, 0) is 0 Å². The van der Waals surface area contributed by atoms with Crippen LogP contribution in [0.25, 0.3) is 0 Å². The first-order valence-corrected chi connectivity index (χ1v) is 4.70. The Balaban J connectivity index is 2.11. The van der Waals surface area contributed by atoms with Crippen LogP contribution in [0.1, 0.15) is 16.1 Å². The molecule has 1 aromatic heterocycles. The third-order valence-corrected chi connectivity index (χ3v) is 2.35. The first kappa shape index (κ1) is 9.21. The normalized spacial score (nSPS) is 17.1. The van der Waals surface area contributed by atoms with Crippen LogP contribution < -0.4 is 5.32 Å². The third-order valence-electron chi connectivity index (χ3n) is 2.35. The van der Waals surface area contributed by atoms with Crippen LogP contribution in [0, 0.1) is 6.92 Å². The molecule has 1 saturated heterocycles. The Morgan fingerprint density at radius 3 is 2.86 bits per heavy atom. The molecule has 0 bridgehead atoms. The summed E-state index contributed by atoms with van der Waals surface area (Å²) in [5.41, 5.74) is 0.800. The maximum Gasteiger partial charge on any atom is 0.292 e. The molecule has 1 amide bonds. The number of carbonyl (C=O) groups is 1. The maximum atomic E-state index is 11.8. The molecule has 14 heavy (non-hydrogen) atoms. The molecule has 2 rings (SSSR count). The van der Waals surface area contributed by atoms with E-state index in [4.69, 9.17) is 4.52 Å². The van der Waals surface area contributed by atoms with Gasteiger partial charge in [0.1, 0.15) is 0 Å². The van der Waals surface area contributed by atoms with Crippen molar-refractivity contribution < 1.29 is 9.32 Å². The average molecular weight is 195 g/mol. The van der Waals surface area contributed by atoms with E-state index < -0.39 is 0 Å². The number of rotatable bonds is 1. The molecule has 5 nitrogen and oxygen atoms in total. The van der Waals surface area contributed by atoms with E-state index in [0.29, 0.717) is 5.76 Å². The Hall–Kier alpha value is -1.36. The van der Waals surface area contributed by atoms with Gasteiger partial charge in [0, 0.05) is 31.7 Å². The van der Waals surface area contributed by atoms with E-state index in [1.807, 2.05) is 6.92 Å². The molecule has 0 spiro atoms. The lowest BCUT2D eigenvalue weighted by molar-refractivity contribution is 0.0693. The zero-order chi connectivity index (χ0) is 9.97. The monoisotopic (exact) mass is 195 g/mol. The van der Waals surface area contributed by atoms with Gasteiger partial charge in [0.25, 0.3) is 5.91 Å². The number of aryl methyl sites for hydroxylation is 1. The van der Waals surface area contributed by atoms with Gasteiger partial charge in [-0.15, -0.1) is 0 Å². The number of nitrogens with one attached hydrogen (secondary N) is 1. The minimum atomic E-state index is -0.0542. The van der Waals surface area contributed by atoms with Gasteiger partial charge in [-0.25, -0.2) is 0 Å². The Morgan fingerprint density at radius 2 is 2.29 bits per heavy atom. The van der Waals surface area contributed by atoms with Gasteiger partial charge in [0.05, 0.1) is 6.20 Å². The molecule has 0 atom stereocenters. The van der Waals surface area contributed by atoms with E-state index in [-0.39, 0.29) is 5.91 Å². The van der Waals surface area contributed by atoms with Crippen LogP contribution in [0.2, 0.25) is 0 Å². The lowest BCUT2D eigenvalue weighted by Crippen LogP contribution is -2.46. The number of aromatic nitrogens is 1. The minimum absolute atomic E-state index is 0.0542. The molecule has 0 unspecified atom stereocenters. The molecule has 0 radical (unpaired) electrons. The van der Waals surface area contributed by atoms with Crippen LogP contribution in [0.4, 0.5) is 0 Å². The van der Waals surface area contributed by atoms with E-state index >= 15 is 0 Å². The maximum absolute atomic E-state index is 11.8. The molecule has 1 aromatic rings. The largest absolute Gasteiger partial charge is 0.351 e. The minimum Gasteiger partial charge on any atom is -0.351 e. The van der Waals surface area contributed by atoms with E-state index in [1.165, 1.54) is 0 Å². The van der Waals surface area contributed by atoms with E-state index in [1.54, 1.807) is 11.1 Å². The summed E-state index contributed by atoms with van der Waals surface area (Å²) in [5.74, 6) is 0.313. The topological polar surface area (TPSA) is 58.4 Å². The molecule has 1 N–H and O–H groups in total. The van der Waals surface area contributed by atoms with Crippen LogP contribution >= 0.6 is 0 Å². The first-order valence-electron chi connectivity index (χ1n) is 4.70. The SMILES string of the molecule is Cc1cnoc1C(=O)N1CCNCC1. The second kappa shape index (κ2) is 3.79. The second-order valence-corrected chi connectivity index (χ2v) is 3.38. The van der Waals surface area contributed by atoms with Crippen LogP contribution in [0.3, 0.4) is 0 Å².